The van der Waals surface area contributed by atoms with Crippen LogP contribution in [0, 0.1) is 0 Å². The van der Waals surface area contributed by atoms with E-state index in [1.54, 1.807) is 6.07 Å². The van der Waals surface area contributed by atoms with Gasteiger partial charge < -0.3 is 19.5 Å². The minimum absolute atomic E-state index is 0.0250. The van der Waals surface area contributed by atoms with E-state index in [0.717, 1.165) is 23.1 Å². The van der Waals surface area contributed by atoms with E-state index in [2.05, 4.69) is 19.2 Å². The second-order valence-electron chi connectivity index (χ2n) is 7.77. The smallest absolute Gasteiger partial charge is 0.341 e. The molecule has 6 heteroatoms. The van der Waals surface area contributed by atoms with Gasteiger partial charge in [0.25, 0.3) is 0 Å². The molecule has 0 bridgehead atoms. The summed E-state index contributed by atoms with van der Waals surface area (Å²) in [5, 5.41) is 3.48. The quantitative estimate of drug-likeness (QED) is 0.695. The van der Waals surface area contributed by atoms with Gasteiger partial charge >= 0.3 is 11.9 Å². The lowest BCUT2D eigenvalue weighted by Gasteiger charge is -2.35. The van der Waals surface area contributed by atoms with E-state index in [9.17, 15) is 9.59 Å². The van der Waals surface area contributed by atoms with Gasteiger partial charge in [0, 0.05) is 19.0 Å². The first kappa shape index (κ1) is 21.8. The Labute approximate surface area is 177 Å². The number of nitrogens with one attached hydrogen (secondary N) is 1. The van der Waals surface area contributed by atoms with Crippen molar-refractivity contribution in [2.45, 2.75) is 58.4 Å². The predicted octanol–water partition coefficient (Wildman–Crippen LogP) is 3.97. The Morgan fingerprint density at radius 1 is 1.13 bits per heavy atom. The molecule has 0 saturated carbocycles. The molecule has 0 radical (unpaired) electrons. The van der Waals surface area contributed by atoms with Crippen LogP contribution in [0.2, 0.25) is 0 Å². The van der Waals surface area contributed by atoms with Crippen molar-refractivity contribution in [3.05, 3.63) is 64.7 Å². The minimum atomic E-state index is -0.472. The molecule has 0 saturated heterocycles. The molecule has 0 amide bonds. The average molecular weight is 411 g/mol. The number of carbonyl (C=O) groups is 2. The summed E-state index contributed by atoms with van der Waals surface area (Å²) in [4.78, 5) is 24.5. The molecule has 3 rings (SSSR count). The Morgan fingerprint density at radius 2 is 1.87 bits per heavy atom. The molecule has 0 heterocycles. The SMILES string of the molecule is COC(=O)c1c(OCc2ccccc2)ccc2c1CC[C@@H](NC(C)C)[C@@H]2OC(C)=O. The summed E-state index contributed by atoms with van der Waals surface area (Å²) >= 11 is 0. The maximum absolute atomic E-state index is 12.7. The van der Waals surface area contributed by atoms with Crippen LogP contribution >= 0.6 is 0 Å². The number of hydrogen-bond acceptors (Lipinski definition) is 6. The number of esters is 2. The number of ether oxygens (including phenoxy) is 3. The summed E-state index contributed by atoms with van der Waals surface area (Å²) in [6, 6.07) is 13.6. The fraction of sp³-hybridized carbons (Fsp3) is 0.417. The van der Waals surface area contributed by atoms with Crippen LogP contribution in [0.15, 0.2) is 42.5 Å². The highest BCUT2D eigenvalue weighted by Crippen LogP contribution is 2.39. The molecule has 0 aliphatic heterocycles. The maximum atomic E-state index is 12.7. The van der Waals surface area contributed by atoms with Crippen molar-refractivity contribution in [2.24, 2.45) is 0 Å². The number of carbonyl (C=O) groups excluding carboxylic acids is 2. The fourth-order valence-corrected chi connectivity index (χ4v) is 3.95. The number of hydrogen-bond donors (Lipinski definition) is 1. The van der Waals surface area contributed by atoms with Crippen molar-refractivity contribution in [1.82, 2.24) is 5.32 Å². The minimum Gasteiger partial charge on any atom is -0.488 e. The highest BCUT2D eigenvalue weighted by molar-refractivity contribution is 5.94. The molecule has 160 valence electrons. The van der Waals surface area contributed by atoms with Gasteiger partial charge in [0.2, 0.25) is 0 Å². The lowest BCUT2D eigenvalue weighted by molar-refractivity contribution is -0.149. The second kappa shape index (κ2) is 9.76. The summed E-state index contributed by atoms with van der Waals surface area (Å²) in [6.45, 7) is 5.86. The third kappa shape index (κ3) is 5.00. The molecule has 30 heavy (non-hydrogen) atoms. The van der Waals surface area contributed by atoms with Crippen LogP contribution in [0.3, 0.4) is 0 Å². The van der Waals surface area contributed by atoms with E-state index in [1.165, 1.54) is 14.0 Å². The zero-order chi connectivity index (χ0) is 21.7. The van der Waals surface area contributed by atoms with Crippen molar-refractivity contribution in [1.29, 1.82) is 0 Å². The molecule has 0 fully saturated rings. The summed E-state index contributed by atoms with van der Waals surface area (Å²) < 4.78 is 16.7. The van der Waals surface area contributed by atoms with Crippen LogP contribution in [0.4, 0.5) is 0 Å². The van der Waals surface area contributed by atoms with E-state index < -0.39 is 12.1 Å². The zero-order valence-corrected chi connectivity index (χ0v) is 17.9. The maximum Gasteiger partial charge on any atom is 0.341 e. The second-order valence-corrected chi connectivity index (χ2v) is 7.77. The van der Waals surface area contributed by atoms with Gasteiger partial charge in [-0.15, -0.1) is 0 Å². The number of fused-ring (bicyclic) bond motifs is 1. The monoisotopic (exact) mass is 411 g/mol. The molecule has 0 aromatic heterocycles. The Bertz CT molecular complexity index is 894. The summed E-state index contributed by atoms with van der Waals surface area (Å²) in [5.74, 6) is -0.333. The van der Waals surface area contributed by atoms with Crippen LogP contribution in [0.5, 0.6) is 5.75 Å². The van der Waals surface area contributed by atoms with E-state index >= 15 is 0 Å². The Morgan fingerprint density at radius 3 is 2.50 bits per heavy atom. The third-order valence-electron chi connectivity index (χ3n) is 5.16. The largest absolute Gasteiger partial charge is 0.488 e. The summed E-state index contributed by atoms with van der Waals surface area (Å²) in [7, 11) is 1.36. The van der Waals surface area contributed by atoms with Crippen LogP contribution in [0.1, 0.15) is 60.3 Å². The first-order chi connectivity index (χ1) is 14.4. The van der Waals surface area contributed by atoms with Gasteiger partial charge in [-0.05, 0) is 35.6 Å². The number of benzene rings is 2. The molecule has 0 unspecified atom stereocenters. The Balaban J connectivity index is 1.98. The first-order valence-corrected chi connectivity index (χ1v) is 10.2. The van der Waals surface area contributed by atoms with Crippen LogP contribution in [-0.2, 0) is 27.3 Å². The van der Waals surface area contributed by atoms with Crippen molar-refractivity contribution < 1.29 is 23.8 Å². The molecule has 1 aliphatic carbocycles. The van der Waals surface area contributed by atoms with Crippen molar-refractivity contribution in [3.63, 3.8) is 0 Å². The lowest BCUT2D eigenvalue weighted by Crippen LogP contribution is -2.43. The highest BCUT2D eigenvalue weighted by atomic mass is 16.5. The van der Waals surface area contributed by atoms with Crippen molar-refractivity contribution in [2.75, 3.05) is 7.11 Å². The van der Waals surface area contributed by atoms with Crippen LogP contribution < -0.4 is 10.1 Å². The van der Waals surface area contributed by atoms with Gasteiger partial charge in [-0.3, -0.25) is 4.79 Å². The van der Waals surface area contributed by atoms with Gasteiger partial charge in [-0.1, -0.05) is 50.2 Å². The zero-order valence-electron chi connectivity index (χ0n) is 17.9. The summed E-state index contributed by atoms with van der Waals surface area (Å²) in [5.41, 5.74) is 3.05. The normalized spacial score (nSPS) is 17.9. The molecular weight excluding hydrogens is 382 g/mol. The third-order valence-corrected chi connectivity index (χ3v) is 5.16. The summed E-state index contributed by atoms with van der Waals surface area (Å²) in [6.07, 6.45) is 0.917. The van der Waals surface area contributed by atoms with E-state index in [1.807, 2.05) is 36.4 Å². The van der Waals surface area contributed by atoms with Gasteiger partial charge in [0.1, 0.15) is 24.0 Å². The predicted molar refractivity (Wildman–Crippen MR) is 113 cm³/mol. The molecular formula is C24H29NO5. The topological polar surface area (TPSA) is 73.9 Å². The average Bonchev–Trinajstić information content (AvgIpc) is 2.73. The highest BCUT2D eigenvalue weighted by Gasteiger charge is 2.36. The van der Waals surface area contributed by atoms with Gasteiger partial charge in [0.05, 0.1) is 7.11 Å². The van der Waals surface area contributed by atoms with Gasteiger partial charge in [0.15, 0.2) is 0 Å². The van der Waals surface area contributed by atoms with Crippen LogP contribution in [-0.4, -0.2) is 31.1 Å². The van der Waals surface area contributed by atoms with E-state index in [-0.39, 0.29) is 18.1 Å². The number of methoxy groups -OCH3 is 1. The molecule has 1 aliphatic rings. The molecule has 2 atom stereocenters. The van der Waals surface area contributed by atoms with Gasteiger partial charge in [-0.25, -0.2) is 4.79 Å². The molecule has 6 nitrogen and oxygen atoms in total. The van der Waals surface area contributed by atoms with E-state index in [4.69, 9.17) is 14.2 Å². The molecule has 2 aromatic carbocycles. The van der Waals surface area contributed by atoms with E-state index in [0.29, 0.717) is 24.3 Å². The molecule has 1 N–H and O–H groups in total. The molecule has 0 spiro atoms. The Hall–Kier alpha value is -2.86. The van der Waals surface area contributed by atoms with Crippen molar-refractivity contribution >= 4 is 11.9 Å². The van der Waals surface area contributed by atoms with Crippen molar-refractivity contribution in [3.8, 4) is 5.75 Å². The first-order valence-electron chi connectivity index (χ1n) is 10.2. The lowest BCUT2D eigenvalue weighted by atomic mass is 9.82. The Kier molecular flexibility index (Phi) is 7.11. The molecule has 2 aromatic rings. The fourth-order valence-electron chi connectivity index (χ4n) is 3.95. The van der Waals surface area contributed by atoms with Crippen LogP contribution in [0.25, 0.3) is 0 Å². The standard InChI is InChI=1S/C24H29NO5/c1-15(2)25-20-12-10-18-19(23(20)30-16(3)26)11-13-21(22(18)24(27)28-4)29-14-17-8-6-5-7-9-17/h5-9,11,13,15,20,23,25H,10,12,14H2,1-4H3/t20-,23-/m1/s1. The van der Waals surface area contributed by atoms with Gasteiger partial charge in [-0.2, -0.15) is 0 Å². The number of rotatable bonds is 7.